The Hall–Kier alpha value is -1.22. The van der Waals surface area contributed by atoms with Gasteiger partial charge in [0.1, 0.15) is 0 Å². The quantitative estimate of drug-likeness (QED) is 0.133. The number of halogens is 5. The number of nitro benzene ring substituents is 1. The Labute approximate surface area is 182 Å². The lowest BCUT2D eigenvalue weighted by Crippen LogP contribution is -2.19. The molecule has 0 bridgehead atoms. The van der Waals surface area contributed by atoms with Crippen LogP contribution in [0.2, 0.25) is 25.1 Å². The Balaban J connectivity index is 2.00. The summed E-state index contributed by atoms with van der Waals surface area (Å²) in [5, 5.41) is 14.8. The molecule has 142 valence electrons. The fourth-order valence-electron chi connectivity index (χ4n) is 1.78. The molecule has 0 fully saturated rings. The highest BCUT2D eigenvalue weighted by atomic mass is 35.5. The van der Waals surface area contributed by atoms with E-state index in [9.17, 15) is 14.9 Å². The molecule has 0 aliphatic heterocycles. The molecule has 2 rings (SSSR count). The van der Waals surface area contributed by atoms with E-state index in [-0.39, 0.29) is 36.6 Å². The minimum atomic E-state index is -0.525. The number of amides is 1. The van der Waals surface area contributed by atoms with Gasteiger partial charge in [0.05, 0.1) is 42.0 Å². The summed E-state index contributed by atoms with van der Waals surface area (Å²) in [5.74, 6) is -0.545. The number of thioether (sulfide) groups is 1. The van der Waals surface area contributed by atoms with Gasteiger partial charge in [-0.1, -0.05) is 70.1 Å². The number of nitro groups is 1. The highest BCUT2D eigenvalue weighted by Crippen LogP contribution is 2.47. The van der Waals surface area contributed by atoms with Crippen molar-refractivity contribution in [2.24, 2.45) is 5.10 Å². The Morgan fingerprint density at radius 1 is 1.11 bits per heavy atom. The normalized spacial score (nSPS) is 11.0. The summed E-state index contributed by atoms with van der Waals surface area (Å²) in [4.78, 5) is 22.4. The monoisotopic (exact) mass is 485 g/mol. The van der Waals surface area contributed by atoms with Crippen molar-refractivity contribution in [2.75, 3.05) is 5.75 Å². The first-order valence-corrected chi connectivity index (χ1v) is 9.80. The fourth-order valence-corrected chi connectivity index (χ4v) is 4.15. The van der Waals surface area contributed by atoms with E-state index in [1.54, 1.807) is 6.07 Å². The minimum absolute atomic E-state index is 0.0312. The Kier molecular flexibility index (Phi) is 8.03. The van der Waals surface area contributed by atoms with Crippen LogP contribution < -0.4 is 5.43 Å². The van der Waals surface area contributed by atoms with Crippen LogP contribution in [0.4, 0.5) is 5.69 Å². The van der Waals surface area contributed by atoms with Crippen LogP contribution in [0.15, 0.2) is 34.3 Å². The SMILES string of the molecule is O=C(CSc1c(Cl)c(Cl)c(Cl)c(Cl)c1Cl)N/N=C/c1cccc([N+](=O)[O-])c1. The van der Waals surface area contributed by atoms with Crippen molar-refractivity contribution in [3.8, 4) is 0 Å². The van der Waals surface area contributed by atoms with E-state index in [1.807, 2.05) is 0 Å². The van der Waals surface area contributed by atoms with Crippen molar-refractivity contribution in [3.63, 3.8) is 0 Å². The van der Waals surface area contributed by atoms with E-state index >= 15 is 0 Å². The molecule has 0 aliphatic rings. The van der Waals surface area contributed by atoms with Gasteiger partial charge in [-0.2, -0.15) is 5.10 Å². The van der Waals surface area contributed by atoms with Gasteiger partial charge in [0, 0.05) is 22.6 Å². The molecule has 2 aromatic rings. The zero-order valence-electron chi connectivity index (χ0n) is 13.0. The van der Waals surface area contributed by atoms with Crippen molar-refractivity contribution in [2.45, 2.75) is 4.90 Å². The number of nitrogens with zero attached hydrogens (tertiary/aromatic N) is 2. The number of carbonyl (C=O) groups is 1. The number of hydrogen-bond acceptors (Lipinski definition) is 5. The number of nitrogens with one attached hydrogen (secondary N) is 1. The molecule has 0 aromatic heterocycles. The van der Waals surface area contributed by atoms with Gasteiger partial charge < -0.3 is 0 Å². The van der Waals surface area contributed by atoms with E-state index in [4.69, 9.17) is 58.0 Å². The van der Waals surface area contributed by atoms with Gasteiger partial charge in [-0.15, -0.1) is 11.8 Å². The second-order valence-electron chi connectivity index (χ2n) is 4.83. The lowest BCUT2D eigenvalue weighted by Gasteiger charge is -2.11. The molecule has 1 amide bonds. The minimum Gasteiger partial charge on any atom is -0.272 e. The number of hydrogen-bond donors (Lipinski definition) is 1. The first kappa shape index (κ1) is 22.1. The predicted octanol–water partition coefficient (Wildman–Crippen LogP) is 6.10. The van der Waals surface area contributed by atoms with Crippen LogP contribution in [0, 0.1) is 10.1 Å². The molecule has 0 unspecified atom stereocenters. The number of hydrazone groups is 1. The van der Waals surface area contributed by atoms with Gasteiger partial charge in [0.15, 0.2) is 0 Å². The number of rotatable bonds is 6. The molecule has 0 atom stereocenters. The zero-order chi connectivity index (χ0) is 20.1. The molecule has 0 saturated heterocycles. The van der Waals surface area contributed by atoms with Crippen molar-refractivity contribution >= 4 is 87.6 Å². The van der Waals surface area contributed by atoms with Gasteiger partial charge in [-0.3, -0.25) is 14.9 Å². The lowest BCUT2D eigenvalue weighted by molar-refractivity contribution is -0.384. The number of non-ortho nitro benzene ring substituents is 1. The molecule has 2 aromatic carbocycles. The molecular weight excluding hydrogens is 480 g/mol. The smallest absolute Gasteiger partial charge is 0.270 e. The standard InChI is InChI=1S/C15H8Cl5N3O3S/c16-10-11(17)13(19)15(14(20)12(10)18)27-6-9(24)22-21-5-7-2-1-3-8(4-7)23(25)26/h1-5H,6H2,(H,22,24)/b21-5+. The van der Waals surface area contributed by atoms with Gasteiger partial charge in [-0.05, 0) is 0 Å². The highest BCUT2D eigenvalue weighted by molar-refractivity contribution is 8.00. The molecule has 0 aliphatic carbocycles. The average Bonchev–Trinajstić information content (AvgIpc) is 2.65. The second-order valence-corrected chi connectivity index (χ2v) is 7.71. The first-order chi connectivity index (χ1) is 12.7. The van der Waals surface area contributed by atoms with E-state index < -0.39 is 10.8 Å². The molecule has 0 radical (unpaired) electrons. The summed E-state index contributed by atoms with van der Waals surface area (Å²) in [7, 11) is 0. The largest absolute Gasteiger partial charge is 0.272 e. The maximum absolute atomic E-state index is 11.9. The van der Waals surface area contributed by atoms with Crippen LogP contribution in [-0.2, 0) is 4.79 Å². The summed E-state index contributed by atoms with van der Waals surface area (Å²) in [5.41, 5.74) is 2.67. The molecule has 0 spiro atoms. The van der Waals surface area contributed by atoms with E-state index in [2.05, 4.69) is 10.5 Å². The highest BCUT2D eigenvalue weighted by Gasteiger charge is 2.20. The molecule has 1 N–H and O–H groups in total. The van der Waals surface area contributed by atoms with Crippen LogP contribution in [-0.4, -0.2) is 22.8 Å². The average molecular weight is 488 g/mol. The van der Waals surface area contributed by atoms with Crippen LogP contribution in [0.3, 0.4) is 0 Å². The van der Waals surface area contributed by atoms with Gasteiger partial charge in [0.2, 0.25) is 5.91 Å². The molecule has 12 heteroatoms. The Morgan fingerprint density at radius 2 is 1.70 bits per heavy atom. The first-order valence-electron chi connectivity index (χ1n) is 6.93. The second kappa shape index (κ2) is 9.82. The topological polar surface area (TPSA) is 84.6 Å². The van der Waals surface area contributed by atoms with E-state index in [1.165, 1.54) is 24.4 Å². The third-order valence-electron chi connectivity index (χ3n) is 3.00. The van der Waals surface area contributed by atoms with Crippen molar-refractivity contribution in [3.05, 3.63) is 65.1 Å². The molecule has 0 heterocycles. The summed E-state index contributed by atoms with van der Waals surface area (Å²) < 4.78 is 0. The van der Waals surface area contributed by atoms with Gasteiger partial charge in [-0.25, -0.2) is 5.43 Å². The van der Waals surface area contributed by atoms with Crippen molar-refractivity contribution in [1.82, 2.24) is 5.43 Å². The van der Waals surface area contributed by atoms with Gasteiger partial charge in [0.25, 0.3) is 5.69 Å². The zero-order valence-corrected chi connectivity index (χ0v) is 17.6. The van der Waals surface area contributed by atoms with Crippen molar-refractivity contribution in [1.29, 1.82) is 0 Å². The number of carbonyl (C=O) groups excluding carboxylic acids is 1. The maximum Gasteiger partial charge on any atom is 0.270 e. The summed E-state index contributed by atoms with van der Waals surface area (Å²) >= 11 is 31.0. The van der Waals surface area contributed by atoms with E-state index in [0.717, 1.165) is 11.8 Å². The summed E-state index contributed by atoms with van der Waals surface area (Å²) in [6.07, 6.45) is 1.28. The van der Waals surface area contributed by atoms with Crippen LogP contribution >= 0.6 is 69.8 Å². The molecule has 27 heavy (non-hydrogen) atoms. The third-order valence-corrected chi connectivity index (χ3v) is 6.61. The summed E-state index contributed by atoms with van der Waals surface area (Å²) in [6.45, 7) is 0. The van der Waals surface area contributed by atoms with Gasteiger partial charge >= 0.3 is 0 Å². The van der Waals surface area contributed by atoms with E-state index in [0.29, 0.717) is 10.5 Å². The fraction of sp³-hybridized carbons (Fsp3) is 0.0667. The Bertz CT molecular complexity index is 910. The Morgan fingerprint density at radius 3 is 2.30 bits per heavy atom. The lowest BCUT2D eigenvalue weighted by atomic mass is 10.2. The predicted molar refractivity (Wildman–Crippen MR) is 111 cm³/mol. The molecule has 6 nitrogen and oxygen atoms in total. The molecular formula is C15H8Cl5N3O3S. The molecule has 0 saturated carbocycles. The number of benzene rings is 2. The third kappa shape index (κ3) is 5.63. The maximum atomic E-state index is 11.9. The summed E-state index contributed by atoms with van der Waals surface area (Å²) in [6, 6.07) is 5.79. The van der Waals surface area contributed by atoms with Crippen LogP contribution in [0.25, 0.3) is 0 Å². The van der Waals surface area contributed by atoms with Crippen LogP contribution in [0.5, 0.6) is 0 Å². The van der Waals surface area contributed by atoms with Crippen molar-refractivity contribution < 1.29 is 9.72 Å². The van der Waals surface area contributed by atoms with Crippen LogP contribution in [0.1, 0.15) is 5.56 Å².